The van der Waals surface area contributed by atoms with Gasteiger partial charge < -0.3 is 15.2 Å². The Morgan fingerprint density at radius 3 is 2.72 bits per heavy atom. The van der Waals surface area contributed by atoms with Crippen LogP contribution in [0, 0.1) is 5.92 Å². The van der Waals surface area contributed by atoms with Gasteiger partial charge in [0, 0.05) is 18.7 Å². The zero-order chi connectivity index (χ0) is 20.5. The Morgan fingerprint density at radius 1 is 1.21 bits per heavy atom. The summed E-state index contributed by atoms with van der Waals surface area (Å²) in [6.45, 7) is 4.57. The van der Waals surface area contributed by atoms with Crippen molar-refractivity contribution in [2.24, 2.45) is 5.92 Å². The molecule has 2 aliphatic rings. The Kier molecular flexibility index (Phi) is 5.40. The van der Waals surface area contributed by atoms with E-state index < -0.39 is 11.7 Å². The summed E-state index contributed by atoms with van der Waals surface area (Å²) in [5.41, 5.74) is 0.659. The number of amides is 1. The van der Waals surface area contributed by atoms with Crippen molar-refractivity contribution >= 4 is 5.91 Å². The summed E-state index contributed by atoms with van der Waals surface area (Å²) in [6.07, 6.45) is 4.25. The summed E-state index contributed by atoms with van der Waals surface area (Å²) >= 11 is 0. The summed E-state index contributed by atoms with van der Waals surface area (Å²) in [5, 5.41) is 21.8. The molecule has 1 aromatic carbocycles. The van der Waals surface area contributed by atoms with Gasteiger partial charge in [-0.2, -0.15) is 5.10 Å². The fourth-order valence-corrected chi connectivity index (χ4v) is 5.12. The lowest BCUT2D eigenvalue weighted by Gasteiger charge is -2.49. The lowest BCUT2D eigenvalue weighted by molar-refractivity contribution is -0.215. The van der Waals surface area contributed by atoms with Gasteiger partial charge in [-0.3, -0.25) is 4.79 Å². The maximum Gasteiger partial charge on any atom is 0.271 e. The van der Waals surface area contributed by atoms with Crippen LogP contribution in [-0.4, -0.2) is 45.1 Å². The van der Waals surface area contributed by atoms with Crippen molar-refractivity contribution in [2.45, 2.75) is 62.8 Å². The Hall–Kier alpha value is -2.31. The van der Waals surface area contributed by atoms with Crippen molar-refractivity contribution in [1.29, 1.82) is 0 Å². The molecule has 0 unspecified atom stereocenters. The van der Waals surface area contributed by atoms with Gasteiger partial charge >= 0.3 is 0 Å². The van der Waals surface area contributed by atoms with Gasteiger partial charge in [-0.15, -0.1) is 5.10 Å². The van der Waals surface area contributed by atoms with E-state index in [-0.39, 0.29) is 23.1 Å². The monoisotopic (exact) mass is 395 g/mol. The van der Waals surface area contributed by atoms with Gasteiger partial charge in [0.2, 0.25) is 0 Å². The van der Waals surface area contributed by atoms with E-state index >= 15 is 0 Å². The van der Waals surface area contributed by atoms with Crippen molar-refractivity contribution < 1.29 is 14.6 Å². The fourth-order valence-electron chi connectivity index (χ4n) is 5.12. The van der Waals surface area contributed by atoms with Gasteiger partial charge in [-0.05, 0) is 63.1 Å². The van der Waals surface area contributed by atoms with E-state index in [0.717, 1.165) is 25.7 Å². The first-order chi connectivity index (χ1) is 13.9. The number of aliphatic hydroxyl groups excluding tert-OH is 1. The van der Waals surface area contributed by atoms with Gasteiger partial charge in [0.1, 0.15) is 0 Å². The first kappa shape index (κ1) is 20.0. The number of fused-ring (bicyclic) bond motifs is 2. The normalized spacial score (nSPS) is 34.2. The predicted octanol–water partition coefficient (Wildman–Crippen LogP) is 3.09. The Morgan fingerprint density at radius 2 is 2.00 bits per heavy atom. The molecule has 0 radical (unpaired) electrons. The quantitative estimate of drug-likeness (QED) is 0.831. The first-order valence-corrected chi connectivity index (χ1v) is 10.4. The summed E-state index contributed by atoms with van der Waals surface area (Å²) in [4.78, 5) is 12.4. The maximum atomic E-state index is 12.4. The fraction of sp³-hybridized carbons (Fsp3) is 0.522. The lowest BCUT2D eigenvalue weighted by atomic mass is 9.74. The molecule has 2 N–H and O–H groups in total. The van der Waals surface area contributed by atoms with Crippen molar-refractivity contribution in [2.75, 3.05) is 6.54 Å². The molecule has 2 bridgehead atoms. The summed E-state index contributed by atoms with van der Waals surface area (Å²) < 4.78 is 6.52. The van der Waals surface area contributed by atoms with Crippen LogP contribution in [0.5, 0.6) is 0 Å². The highest BCUT2D eigenvalue weighted by Gasteiger charge is 2.52. The molecular formula is C23H29N3O3. The average Bonchev–Trinajstić information content (AvgIpc) is 2.79. The SMILES string of the molecule is C[C@]12CC[C@@H](CNC(=O)c3cccnn3)[C@H](O)[C@](C)(C[C@@H](c3ccccc3)C1)O2. The molecule has 2 aliphatic heterocycles. The Bertz CT molecular complexity index is 847. The number of carbonyl (C=O) groups excluding carboxylic acids is 1. The third-order valence-corrected chi connectivity index (χ3v) is 6.53. The summed E-state index contributed by atoms with van der Waals surface area (Å²) in [6, 6.07) is 13.8. The molecule has 154 valence electrons. The molecule has 6 heteroatoms. The minimum absolute atomic E-state index is 0.0723. The number of aromatic nitrogens is 2. The molecule has 5 atom stereocenters. The first-order valence-electron chi connectivity index (χ1n) is 10.4. The van der Waals surface area contributed by atoms with Crippen LogP contribution in [0.4, 0.5) is 0 Å². The summed E-state index contributed by atoms with van der Waals surface area (Å²) in [5.74, 6) is 0.0106. The molecule has 1 amide bonds. The number of hydrogen-bond acceptors (Lipinski definition) is 5. The van der Waals surface area contributed by atoms with Gasteiger partial charge in [-0.25, -0.2) is 0 Å². The minimum atomic E-state index is -0.655. The number of nitrogens with one attached hydrogen (secondary N) is 1. The highest BCUT2D eigenvalue weighted by Crippen LogP contribution is 2.50. The summed E-state index contributed by atoms with van der Waals surface area (Å²) in [7, 11) is 0. The molecule has 3 heterocycles. The van der Waals surface area contributed by atoms with Crippen LogP contribution < -0.4 is 5.32 Å². The van der Waals surface area contributed by atoms with Crippen molar-refractivity contribution in [3.05, 3.63) is 59.9 Å². The highest BCUT2D eigenvalue weighted by atomic mass is 16.5. The highest BCUT2D eigenvalue weighted by molar-refractivity contribution is 5.91. The third-order valence-electron chi connectivity index (χ3n) is 6.53. The molecule has 2 saturated heterocycles. The number of ether oxygens (including phenoxy) is 1. The molecule has 29 heavy (non-hydrogen) atoms. The maximum absolute atomic E-state index is 12.4. The zero-order valence-corrected chi connectivity index (χ0v) is 17.0. The zero-order valence-electron chi connectivity index (χ0n) is 17.0. The topological polar surface area (TPSA) is 84.3 Å². The van der Waals surface area contributed by atoms with Crippen LogP contribution in [-0.2, 0) is 4.74 Å². The molecule has 2 aromatic rings. The number of benzene rings is 1. The molecular weight excluding hydrogens is 366 g/mol. The van der Waals surface area contributed by atoms with Crippen LogP contribution in [0.25, 0.3) is 0 Å². The number of nitrogens with zero attached hydrogens (tertiary/aromatic N) is 2. The standard InChI is InChI=1S/C23H29N3O3/c1-22-11-10-17(15-24-21(28)19-9-6-12-25-26-19)20(27)23(2,29-22)14-18(13-22)16-7-4-3-5-8-16/h3-9,12,17-18,20,27H,10-11,13-15H2,1-2H3,(H,24,28)/t17-,18-,20-,22-,23-/m0/s1. The largest absolute Gasteiger partial charge is 0.390 e. The second kappa shape index (κ2) is 7.84. The lowest BCUT2D eigenvalue weighted by Crippen LogP contribution is -2.54. The molecule has 2 fully saturated rings. The van der Waals surface area contributed by atoms with E-state index in [4.69, 9.17) is 4.74 Å². The van der Waals surface area contributed by atoms with Crippen molar-refractivity contribution in [3.8, 4) is 0 Å². The van der Waals surface area contributed by atoms with E-state index in [1.807, 2.05) is 13.0 Å². The van der Waals surface area contributed by atoms with Crippen molar-refractivity contribution in [3.63, 3.8) is 0 Å². The molecule has 1 aromatic heterocycles. The second-order valence-corrected chi connectivity index (χ2v) is 8.94. The van der Waals surface area contributed by atoms with E-state index in [9.17, 15) is 9.90 Å². The van der Waals surface area contributed by atoms with Crippen LogP contribution >= 0.6 is 0 Å². The van der Waals surface area contributed by atoms with Gasteiger partial charge in [0.15, 0.2) is 5.69 Å². The Labute approximate surface area is 171 Å². The van der Waals surface area contributed by atoms with Crippen LogP contribution in [0.2, 0.25) is 0 Å². The van der Waals surface area contributed by atoms with Gasteiger partial charge in [0.25, 0.3) is 5.91 Å². The van der Waals surface area contributed by atoms with E-state index in [1.54, 1.807) is 12.1 Å². The number of carbonyl (C=O) groups is 1. The molecule has 0 spiro atoms. The van der Waals surface area contributed by atoms with Gasteiger partial charge in [-0.1, -0.05) is 30.3 Å². The molecule has 4 rings (SSSR count). The van der Waals surface area contributed by atoms with Crippen molar-refractivity contribution in [1.82, 2.24) is 15.5 Å². The molecule has 6 nitrogen and oxygen atoms in total. The van der Waals surface area contributed by atoms with Crippen LogP contribution in [0.15, 0.2) is 48.7 Å². The third kappa shape index (κ3) is 4.19. The Balaban J connectivity index is 1.50. The van der Waals surface area contributed by atoms with E-state index in [1.165, 1.54) is 11.8 Å². The number of aliphatic hydroxyl groups is 1. The van der Waals surface area contributed by atoms with E-state index in [0.29, 0.717) is 12.5 Å². The van der Waals surface area contributed by atoms with Crippen LogP contribution in [0.1, 0.15) is 61.5 Å². The van der Waals surface area contributed by atoms with Crippen LogP contribution in [0.3, 0.4) is 0 Å². The van der Waals surface area contributed by atoms with E-state index in [2.05, 4.69) is 46.7 Å². The predicted molar refractivity (Wildman–Crippen MR) is 109 cm³/mol. The average molecular weight is 396 g/mol. The molecule has 0 aliphatic carbocycles. The van der Waals surface area contributed by atoms with Gasteiger partial charge in [0.05, 0.1) is 17.3 Å². The second-order valence-electron chi connectivity index (χ2n) is 8.94. The number of hydrogen-bond donors (Lipinski definition) is 2. The smallest absolute Gasteiger partial charge is 0.271 e. The number of rotatable bonds is 4. The minimum Gasteiger partial charge on any atom is -0.390 e. The molecule has 0 saturated carbocycles.